The first kappa shape index (κ1) is 14.6. The topological polar surface area (TPSA) is 76.5 Å². The molecule has 1 N–H and O–H groups in total. The molecule has 0 aliphatic carbocycles. The summed E-state index contributed by atoms with van der Waals surface area (Å²) in [5.74, 6) is 0.0686. The minimum Gasteiger partial charge on any atom is -0.349 e. The fourth-order valence-electron chi connectivity index (χ4n) is 2.28. The second-order valence-electron chi connectivity index (χ2n) is 5.12. The van der Waals surface area contributed by atoms with E-state index in [1.54, 1.807) is 12.1 Å². The lowest BCUT2D eigenvalue weighted by Gasteiger charge is -2.06. The van der Waals surface area contributed by atoms with E-state index in [2.05, 4.69) is 29.2 Å². The Bertz CT molecular complexity index is 1000. The van der Waals surface area contributed by atoms with E-state index in [1.807, 2.05) is 18.2 Å². The summed E-state index contributed by atoms with van der Waals surface area (Å²) >= 11 is 1.19. The van der Waals surface area contributed by atoms with Crippen LogP contribution in [0.25, 0.3) is 22.3 Å². The fraction of sp³-hybridized carbons (Fsp3) is 0.0625. The van der Waals surface area contributed by atoms with Crippen molar-refractivity contribution in [2.75, 3.05) is 5.32 Å². The van der Waals surface area contributed by atoms with Crippen LogP contribution in [0.3, 0.4) is 0 Å². The van der Waals surface area contributed by atoms with E-state index in [0.29, 0.717) is 23.8 Å². The summed E-state index contributed by atoms with van der Waals surface area (Å²) in [6.07, 6.45) is 1.51. The first-order valence-corrected chi connectivity index (χ1v) is 7.92. The van der Waals surface area contributed by atoms with Gasteiger partial charge in [0.25, 0.3) is 0 Å². The number of nitrogens with zero attached hydrogens (tertiary/aromatic N) is 5. The summed E-state index contributed by atoms with van der Waals surface area (Å²) < 4.78 is 21.7. The lowest BCUT2D eigenvalue weighted by Crippen LogP contribution is -2.05. The van der Waals surface area contributed by atoms with Crippen molar-refractivity contribution in [2.24, 2.45) is 0 Å². The molecule has 8 heteroatoms. The Morgan fingerprint density at radius 2 is 1.96 bits per heavy atom. The van der Waals surface area contributed by atoms with Crippen molar-refractivity contribution in [2.45, 2.75) is 6.54 Å². The number of nitrogens with one attached hydrogen (secondary N) is 1. The van der Waals surface area contributed by atoms with Crippen LogP contribution in [0.5, 0.6) is 0 Å². The molecule has 0 unspecified atom stereocenters. The number of anilines is 1. The Morgan fingerprint density at radius 3 is 2.88 bits per heavy atom. The van der Waals surface area contributed by atoms with Crippen LogP contribution in [0.4, 0.5) is 10.3 Å². The van der Waals surface area contributed by atoms with Gasteiger partial charge in [0.05, 0.1) is 23.6 Å². The standard InChI is InChI=1S/C16H11FN6S/c17-12-3-1-2-11(7-12)15-9-19-21-16(20-15)18-8-10-4-5-13-14(6-10)23-24-22-13/h1-7,9H,8H2,(H,18,20,21). The molecule has 0 spiro atoms. The number of fused-ring (bicyclic) bond motifs is 1. The van der Waals surface area contributed by atoms with Gasteiger partial charge in [-0.1, -0.05) is 18.2 Å². The highest BCUT2D eigenvalue weighted by atomic mass is 32.1. The third-order valence-electron chi connectivity index (χ3n) is 3.45. The van der Waals surface area contributed by atoms with Gasteiger partial charge >= 0.3 is 0 Å². The van der Waals surface area contributed by atoms with Crippen molar-refractivity contribution < 1.29 is 4.39 Å². The molecule has 0 bridgehead atoms. The molecule has 2 aromatic heterocycles. The third kappa shape index (κ3) is 3.04. The maximum atomic E-state index is 13.3. The maximum absolute atomic E-state index is 13.3. The lowest BCUT2D eigenvalue weighted by atomic mass is 10.1. The minimum atomic E-state index is -0.314. The molecule has 0 saturated heterocycles. The highest BCUT2D eigenvalue weighted by Crippen LogP contribution is 2.18. The lowest BCUT2D eigenvalue weighted by molar-refractivity contribution is 0.628. The second-order valence-corrected chi connectivity index (χ2v) is 5.64. The molecule has 6 nitrogen and oxygen atoms in total. The zero-order valence-electron chi connectivity index (χ0n) is 12.3. The molecule has 0 aliphatic rings. The summed E-state index contributed by atoms with van der Waals surface area (Å²) in [5, 5.41) is 11.0. The average Bonchev–Trinajstić information content (AvgIpc) is 3.08. The van der Waals surface area contributed by atoms with Crippen molar-refractivity contribution >= 4 is 28.7 Å². The molecule has 0 fully saturated rings. The normalized spacial score (nSPS) is 10.9. The highest BCUT2D eigenvalue weighted by molar-refractivity contribution is 7.00. The van der Waals surface area contributed by atoms with Gasteiger partial charge in [0.15, 0.2) is 0 Å². The van der Waals surface area contributed by atoms with E-state index >= 15 is 0 Å². The third-order valence-corrected chi connectivity index (χ3v) is 4.00. The van der Waals surface area contributed by atoms with Gasteiger partial charge in [-0.15, -0.1) is 5.10 Å². The van der Waals surface area contributed by atoms with Crippen LogP contribution < -0.4 is 5.32 Å². The summed E-state index contributed by atoms with van der Waals surface area (Å²) in [6, 6.07) is 12.1. The molecule has 24 heavy (non-hydrogen) atoms. The Balaban J connectivity index is 1.53. The molecular weight excluding hydrogens is 327 g/mol. The van der Waals surface area contributed by atoms with Crippen molar-refractivity contribution in [3.63, 3.8) is 0 Å². The van der Waals surface area contributed by atoms with Crippen LogP contribution in [0, 0.1) is 5.82 Å². The predicted molar refractivity (Wildman–Crippen MR) is 90.0 cm³/mol. The smallest absolute Gasteiger partial charge is 0.243 e. The molecule has 2 heterocycles. The first-order valence-electron chi connectivity index (χ1n) is 7.19. The number of hydrogen-bond donors (Lipinski definition) is 1. The molecule has 0 radical (unpaired) electrons. The van der Waals surface area contributed by atoms with Gasteiger partial charge in [-0.3, -0.25) is 0 Å². The molecule has 118 valence electrons. The van der Waals surface area contributed by atoms with Crippen molar-refractivity contribution in [3.05, 3.63) is 60.0 Å². The van der Waals surface area contributed by atoms with E-state index < -0.39 is 0 Å². The van der Waals surface area contributed by atoms with Gasteiger partial charge in [-0.2, -0.15) is 13.8 Å². The van der Waals surface area contributed by atoms with E-state index in [-0.39, 0.29) is 5.82 Å². The van der Waals surface area contributed by atoms with Crippen molar-refractivity contribution in [3.8, 4) is 11.3 Å². The minimum absolute atomic E-state index is 0.314. The summed E-state index contributed by atoms with van der Waals surface area (Å²) in [4.78, 5) is 4.37. The zero-order valence-corrected chi connectivity index (χ0v) is 13.2. The van der Waals surface area contributed by atoms with Crippen LogP contribution in [0.1, 0.15) is 5.56 Å². The van der Waals surface area contributed by atoms with Gasteiger partial charge < -0.3 is 5.32 Å². The van der Waals surface area contributed by atoms with Crippen LogP contribution in [0.2, 0.25) is 0 Å². The highest BCUT2D eigenvalue weighted by Gasteiger charge is 2.05. The van der Waals surface area contributed by atoms with Gasteiger partial charge in [0, 0.05) is 12.1 Å². The van der Waals surface area contributed by atoms with Crippen LogP contribution in [0.15, 0.2) is 48.7 Å². The van der Waals surface area contributed by atoms with Crippen LogP contribution in [-0.4, -0.2) is 23.9 Å². The molecule has 2 aromatic carbocycles. The van der Waals surface area contributed by atoms with Crippen molar-refractivity contribution in [1.82, 2.24) is 23.9 Å². The number of aromatic nitrogens is 5. The molecule has 4 rings (SSSR count). The number of benzene rings is 2. The maximum Gasteiger partial charge on any atom is 0.243 e. The average molecular weight is 338 g/mol. The SMILES string of the molecule is Fc1cccc(-c2cnnc(NCc3ccc4nsnc4c3)n2)c1. The van der Waals surface area contributed by atoms with E-state index in [9.17, 15) is 4.39 Å². The molecule has 0 atom stereocenters. The van der Waals surface area contributed by atoms with E-state index in [1.165, 1.54) is 30.1 Å². The Hall–Kier alpha value is -3.00. The summed E-state index contributed by atoms with van der Waals surface area (Å²) in [7, 11) is 0. The van der Waals surface area contributed by atoms with Gasteiger partial charge in [-0.25, -0.2) is 9.37 Å². The van der Waals surface area contributed by atoms with Crippen molar-refractivity contribution in [1.29, 1.82) is 0 Å². The molecule has 0 saturated carbocycles. The zero-order chi connectivity index (χ0) is 16.4. The molecule has 4 aromatic rings. The van der Waals surface area contributed by atoms with E-state index in [4.69, 9.17) is 0 Å². The van der Waals surface area contributed by atoms with Gasteiger partial charge in [-0.05, 0) is 29.8 Å². The predicted octanol–water partition coefficient (Wildman–Crippen LogP) is 3.29. The number of halogens is 1. The largest absolute Gasteiger partial charge is 0.349 e. The van der Waals surface area contributed by atoms with Crippen LogP contribution in [-0.2, 0) is 6.54 Å². The Morgan fingerprint density at radius 1 is 1.04 bits per heavy atom. The number of hydrogen-bond acceptors (Lipinski definition) is 7. The Labute approximate surface area is 140 Å². The van der Waals surface area contributed by atoms with Gasteiger partial charge in [0.2, 0.25) is 5.95 Å². The fourth-order valence-corrected chi connectivity index (χ4v) is 2.80. The summed E-state index contributed by atoms with van der Waals surface area (Å²) in [5.41, 5.74) is 4.01. The molecular formula is C16H11FN6S. The molecule has 0 aliphatic heterocycles. The van der Waals surface area contributed by atoms with Crippen LogP contribution >= 0.6 is 11.7 Å². The quantitative estimate of drug-likeness (QED) is 0.615. The summed E-state index contributed by atoms with van der Waals surface area (Å²) in [6.45, 7) is 0.530. The van der Waals surface area contributed by atoms with Gasteiger partial charge in [0.1, 0.15) is 16.9 Å². The second kappa shape index (κ2) is 6.25. The number of rotatable bonds is 4. The Kier molecular flexibility index (Phi) is 3.80. The first-order chi connectivity index (χ1) is 11.8. The van der Waals surface area contributed by atoms with E-state index in [0.717, 1.165) is 16.6 Å². The molecule has 0 amide bonds. The monoisotopic (exact) mass is 338 g/mol.